The zero-order valence-electron chi connectivity index (χ0n) is 13.4. The number of benzene rings is 1. The van der Waals surface area contributed by atoms with Crippen molar-refractivity contribution < 1.29 is 22.4 Å². The third-order valence-electron chi connectivity index (χ3n) is 4.65. The maximum absolute atomic E-state index is 13.4. The Morgan fingerprint density at radius 3 is 2.50 bits per heavy atom. The van der Waals surface area contributed by atoms with Gasteiger partial charge in [0.2, 0.25) is 15.9 Å². The lowest BCUT2D eigenvalue weighted by Crippen LogP contribution is -2.46. The summed E-state index contributed by atoms with van der Waals surface area (Å²) >= 11 is 0. The van der Waals surface area contributed by atoms with E-state index >= 15 is 0 Å². The fourth-order valence-corrected chi connectivity index (χ4v) is 4.19. The molecule has 2 aliphatic heterocycles. The number of Topliss-reactive ketones (excluding diaryl/α,β-unsaturated/α-hetero) is 1. The molecule has 0 aromatic heterocycles. The summed E-state index contributed by atoms with van der Waals surface area (Å²) in [5.74, 6) is -1.07. The van der Waals surface area contributed by atoms with Gasteiger partial charge in [-0.2, -0.15) is 0 Å². The molecule has 130 valence electrons. The first-order valence-electron chi connectivity index (χ1n) is 7.86. The highest BCUT2D eigenvalue weighted by molar-refractivity contribution is 7.88. The lowest BCUT2D eigenvalue weighted by molar-refractivity contribution is -0.123. The van der Waals surface area contributed by atoms with Crippen LogP contribution in [0.2, 0.25) is 0 Å². The Bertz CT molecular complexity index is 785. The number of ketones is 1. The van der Waals surface area contributed by atoms with Gasteiger partial charge in [-0.1, -0.05) is 0 Å². The van der Waals surface area contributed by atoms with Crippen LogP contribution in [-0.2, 0) is 14.8 Å². The Morgan fingerprint density at radius 1 is 1.21 bits per heavy atom. The van der Waals surface area contributed by atoms with Crippen molar-refractivity contribution in [1.29, 1.82) is 0 Å². The number of hydrogen-bond acceptors (Lipinski definition) is 4. The van der Waals surface area contributed by atoms with Crippen LogP contribution in [0.4, 0.5) is 10.1 Å². The predicted molar refractivity (Wildman–Crippen MR) is 86.8 cm³/mol. The lowest BCUT2D eigenvalue weighted by Gasteiger charge is -2.35. The number of anilines is 1. The van der Waals surface area contributed by atoms with Gasteiger partial charge in [0.1, 0.15) is 5.82 Å². The third kappa shape index (κ3) is 3.21. The van der Waals surface area contributed by atoms with Crippen molar-refractivity contribution in [2.24, 2.45) is 5.92 Å². The molecule has 2 aliphatic rings. The minimum Gasteiger partial charge on any atom is -0.311 e. The molecular formula is C16H19FN2O4S. The van der Waals surface area contributed by atoms with Crippen molar-refractivity contribution in [3.8, 4) is 0 Å². The van der Waals surface area contributed by atoms with E-state index in [1.165, 1.54) is 27.4 Å². The zero-order chi connectivity index (χ0) is 17.5. The summed E-state index contributed by atoms with van der Waals surface area (Å²) < 4.78 is 37.9. The van der Waals surface area contributed by atoms with Gasteiger partial charge in [0.05, 0.1) is 11.9 Å². The number of piperidine rings is 1. The summed E-state index contributed by atoms with van der Waals surface area (Å²) in [4.78, 5) is 26.3. The number of sulfonamides is 1. The Kier molecular flexibility index (Phi) is 4.44. The van der Waals surface area contributed by atoms with Crippen LogP contribution >= 0.6 is 0 Å². The molecule has 0 saturated carbocycles. The molecule has 0 aliphatic carbocycles. The molecule has 0 N–H and O–H groups in total. The molecule has 0 unspecified atom stereocenters. The van der Waals surface area contributed by atoms with Gasteiger partial charge >= 0.3 is 0 Å². The van der Waals surface area contributed by atoms with Crippen molar-refractivity contribution >= 4 is 27.4 Å². The van der Waals surface area contributed by atoms with Gasteiger partial charge in [0.15, 0.2) is 5.78 Å². The Hall–Kier alpha value is -1.80. The van der Waals surface area contributed by atoms with E-state index in [1.54, 1.807) is 0 Å². The molecule has 0 radical (unpaired) electrons. The van der Waals surface area contributed by atoms with Crippen LogP contribution in [-0.4, -0.2) is 50.3 Å². The average Bonchev–Trinajstić information content (AvgIpc) is 2.54. The van der Waals surface area contributed by atoms with Crippen LogP contribution in [0.1, 0.15) is 29.6 Å². The van der Waals surface area contributed by atoms with Crippen molar-refractivity contribution in [3.05, 3.63) is 29.6 Å². The van der Waals surface area contributed by atoms with E-state index in [9.17, 15) is 22.4 Å². The number of amides is 1. The molecule has 1 fully saturated rings. The number of nitrogens with zero attached hydrogens (tertiary/aromatic N) is 2. The molecule has 6 nitrogen and oxygen atoms in total. The second kappa shape index (κ2) is 6.25. The van der Waals surface area contributed by atoms with Crippen LogP contribution in [0.25, 0.3) is 0 Å². The van der Waals surface area contributed by atoms with Crippen LogP contribution in [0.3, 0.4) is 0 Å². The summed E-state index contributed by atoms with van der Waals surface area (Å²) in [6, 6.07) is 3.87. The van der Waals surface area contributed by atoms with Crippen molar-refractivity contribution in [1.82, 2.24) is 4.31 Å². The Labute approximate surface area is 140 Å². The molecule has 0 bridgehead atoms. The predicted octanol–water partition coefficient (Wildman–Crippen LogP) is 1.42. The monoisotopic (exact) mass is 354 g/mol. The van der Waals surface area contributed by atoms with E-state index < -0.39 is 15.8 Å². The zero-order valence-corrected chi connectivity index (χ0v) is 14.2. The number of carbonyl (C=O) groups is 2. The standard InChI is InChI=1S/C16H19FN2O4S/c1-24(22,23)18-7-4-11(5-8-18)16(21)19-9-6-15(20)13-10-12(17)2-3-14(13)19/h2-3,10-11H,4-9H2,1H3. The van der Waals surface area contributed by atoms with Gasteiger partial charge in [0, 0.05) is 37.5 Å². The summed E-state index contributed by atoms with van der Waals surface area (Å²) in [5, 5.41) is 0. The van der Waals surface area contributed by atoms with Crippen LogP contribution in [0.5, 0.6) is 0 Å². The molecule has 1 aromatic rings. The average molecular weight is 354 g/mol. The lowest BCUT2D eigenvalue weighted by atomic mass is 9.93. The molecule has 2 heterocycles. The molecule has 24 heavy (non-hydrogen) atoms. The first kappa shape index (κ1) is 17.0. The minimum atomic E-state index is -3.24. The first-order valence-corrected chi connectivity index (χ1v) is 9.71. The van der Waals surface area contributed by atoms with E-state index in [0.717, 1.165) is 6.26 Å². The minimum absolute atomic E-state index is 0.122. The largest absolute Gasteiger partial charge is 0.311 e. The van der Waals surface area contributed by atoms with E-state index in [4.69, 9.17) is 0 Å². The molecule has 3 rings (SSSR count). The summed E-state index contributed by atoms with van der Waals surface area (Å²) in [6.07, 6.45) is 2.24. The highest BCUT2D eigenvalue weighted by Crippen LogP contribution is 2.31. The molecular weight excluding hydrogens is 335 g/mol. The number of fused-ring (bicyclic) bond motifs is 1. The van der Waals surface area contributed by atoms with Gasteiger partial charge in [0.25, 0.3) is 0 Å². The van der Waals surface area contributed by atoms with Crippen LogP contribution < -0.4 is 4.90 Å². The van der Waals surface area contributed by atoms with Gasteiger partial charge in [-0.05, 0) is 31.0 Å². The van der Waals surface area contributed by atoms with Gasteiger partial charge in [-0.25, -0.2) is 17.1 Å². The molecule has 0 spiro atoms. The van der Waals surface area contributed by atoms with Crippen LogP contribution in [0, 0.1) is 11.7 Å². The maximum Gasteiger partial charge on any atom is 0.230 e. The molecule has 1 aromatic carbocycles. The van der Waals surface area contributed by atoms with Crippen molar-refractivity contribution in [2.75, 3.05) is 30.8 Å². The fourth-order valence-electron chi connectivity index (χ4n) is 3.32. The quantitative estimate of drug-likeness (QED) is 0.805. The van der Waals surface area contributed by atoms with E-state index in [2.05, 4.69) is 0 Å². The van der Waals surface area contributed by atoms with Crippen molar-refractivity contribution in [2.45, 2.75) is 19.3 Å². The summed E-state index contributed by atoms with van der Waals surface area (Å²) in [5.41, 5.74) is 0.686. The normalized spacial score (nSPS) is 20.1. The second-order valence-corrected chi connectivity index (χ2v) is 8.24. The number of hydrogen-bond donors (Lipinski definition) is 0. The van der Waals surface area contributed by atoms with Crippen molar-refractivity contribution in [3.63, 3.8) is 0 Å². The topological polar surface area (TPSA) is 74.8 Å². The number of halogens is 1. The Morgan fingerprint density at radius 2 is 1.88 bits per heavy atom. The second-order valence-electron chi connectivity index (χ2n) is 6.26. The third-order valence-corrected chi connectivity index (χ3v) is 5.95. The fraction of sp³-hybridized carbons (Fsp3) is 0.500. The van der Waals surface area contributed by atoms with Gasteiger partial charge in [-0.15, -0.1) is 0 Å². The SMILES string of the molecule is CS(=O)(=O)N1CCC(C(=O)N2CCC(=O)c3cc(F)ccc32)CC1. The Balaban J connectivity index is 1.78. The summed E-state index contributed by atoms with van der Waals surface area (Å²) in [6.45, 7) is 0.916. The maximum atomic E-state index is 13.4. The van der Waals surface area contributed by atoms with Gasteiger partial charge < -0.3 is 4.90 Å². The highest BCUT2D eigenvalue weighted by atomic mass is 32.2. The number of rotatable bonds is 2. The summed E-state index contributed by atoms with van der Waals surface area (Å²) in [7, 11) is -3.24. The smallest absolute Gasteiger partial charge is 0.230 e. The van der Waals surface area contributed by atoms with Crippen LogP contribution in [0.15, 0.2) is 18.2 Å². The highest BCUT2D eigenvalue weighted by Gasteiger charge is 2.35. The number of carbonyl (C=O) groups excluding carboxylic acids is 2. The molecule has 8 heteroatoms. The van der Waals surface area contributed by atoms with E-state index in [0.29, 0.717) is 31.6 Å². The molecule has 1 saturated heterocycles. The van der Waals surface area contributed by atoms with E-state index in [1.807, 2.05) is 0 Å². The first-order chi connectivity index (χ1) is 11.3. The van der Waals surface area contributed by atoms with Gasteiger partial charge in [-0.3, -0.25) is 9.59 Å². The van der Waals surface area contributed by atoms with E-state index in [-0.39, 0.29) is 36.1 Å². The molecule has 1 amide bonds. The molecule has 0 atom stereocenters.